The van der Waals surface area contributed by atoms with Crippen molar-refractivity contribution >= 4 is 5.97 Å². The van der Waals surface area contributed by atoms with Crippen LogP contribution in [0.25, 0.3) is 0 Å². The van der Waals surface area contributed by atoms with Crippen molar-refractivity contribution in [3.63, 3.8) is 0 Å². The molecular weight excluding hydrogens is 164 g/mol. The zero-order valence-corrected chi connectivity index (χ0v) is 8.68. The summed E-state index contributed by atoms with van der Waals surface area (Å²) in [7, 11) is 1.40. The highest BCUT2D eigenvalue weighted by Gasteiger charge is 2.29. The van der Waals surface area contributed by atoms with Crippen molar-refractivity contribution in [2.24, 2.45) is 5.41 Å². The molecule has 0 spiro atoms. The van der Waals surface area contributed by atoms with E-state index in [4.69, 9.17) is 0 Å². The molecule has 0 radical (unpaired) electrons. The smallest absolute Gasteiger partial charge is 0.330 e. The number of esters is 1. The Morgan fingerprint density at radius 2 is 2.23 bits per heavy atom. The predicted molar refractivity (Wildman–Crippen MR) is 52.3 cm³/mol. The third kappa shape index (κ3) is 1.82. The van der Waals surface area contributed by atoms with Gasteiger partial charge in [-0.25, -0.2) is 4.79 Å². The Hall–Kier alpha value is -1.05. The quantitative estimate of drug-likeness (QED) is 0.352. The second-order valence-electron chi connectivity index (χ2n) is 3.91. The lowest BCUT2D eigenvalue weighted by molar-refractivity contribution is -0.134. The number of carbonyl (C=O) groups excluding carboxylic acids is 1. The summed E-state index contributed by atoms with van der Waals surface area (Å²) >= 11 is 0. The molecule has 0 saturated heterocycles. The van der Waals surface area contributed by atoms with Gasteiger partial charge in [-0.05, 0) is 18.9 Å². The number of hydrogen-bond donors (Lipinski definition) is 0. The molecule has 0 fully saturated rings. The van der Waals surface area contributed by atoms with Gasteiger partial charge in [0.15, 0.2) is 0 Å². The molecule has 2 nitrogen and oxygen atoms in total. The SMILES string of the molecule is COC(=O)/C=C1\CC=C(C)C1(C)C. The standard InChI is InChI=1S/C11H16O2/c1-8-5-6-9(11(8,2)3)7-10(12)13-4/h5,7H,6H2,1-4H3/b9-7+. The fraction of sp³-hybridized carbons (Fsp3) is 0.545. The van der Waals surface area contributed by atoms with Crippen LogP contribution in [0.5, 0.6) is 0 Å². The van der Waals surface area contributed by atoms with Gasteiger partial charge in [0.1, 0.15) is 0 Å². The zero-order chi connectivity index (χ0) is 10.1. The molecule has 1 rings (SSSR count). The summed E-state index contributed by atoms with van der Waals surface area (Å²) in [5.74, 6) is -0.258. The summed E-state index contributed by atoms with van der Waals surface area (Å²) < 4.78 is 4.60. The van der Waals surface area contributed by atoms with Crippen LogP contribution in [-0.4, -0.2) is 13.1 Å². The summed E-state index contributed by atoms with van der Waals surface area (Å²) in [6, 6.07) is 0. The maximum absolute atomic E-state index is 11.0. The summed E-state index contributed by atoms with van der Waals surface area (Å²) in [5, 5.41) is 0. The van der Waals surface area contributed by atoms with E-state index in [0.717, 1.165) is 12.0 Å². The van der Waals surface area contributed by atoms with Crippen LogP contribution in [-0.2, 0) is 9.53 Å². The van der Waals surface area contributed by atoms with Crippen molar-refractivity contribution in [3.05, 3.63) is 23.3 Å². The topological polar surface area (TPSA) is 26.3 Å². The maximum atomic E-state index is 11.0. The molecule has 1 aliphatic rings. The van der Waals surface area contributed by atoms with Gasteiger partial charge < -0.3 is 4.74 Å². The number of rotatable bonds is 1. The van der Waals surface area contributed by atoms with Crippen molar-refractivity contribution in [3.8, 4) is 0 Å². The Bertz CT molecular complexity index is 282. The molecule has 0 aromatic heterocycles. The molecule has 0 aromatic carbocycles. The van der Waals surface area contributed by atoms with Gasteiger partial charge in [0, 0.05) is 11.5 Å². The molecule has 0 aromatic rings. The average Bonchev–Trinajstić information content (AvgIpc) is 2.31. The van der Waals surface area contributed by atoms with Crippen LogP contribution < -0.4 is 0 Å². The molecule has 13 heavy (non-hydrogen) atoms. The molecule has 0 aliphatic heterocycles. The lowest BCUT2D eigenvalue weighted by Gasteiger charge is -2.22. The van der Waals surface area contributed by atoms with Crippen molar-refractivity contribution in [2.45, 2.75) is 27.2 Å². The van der Waals surface area contributed by atoms with E-state index in [-0.39, 0.29) is 11.4 Å². The van der Waals surface area contributed by atoms with E-state index < -0.39 is 0 Å². The Morgan fingerprint density at radius 1 is 1.62 bits per heavy atom. The maximum Gasteiger partial charge on any atom is 0.330 e. The van der Waals surface area contributed by atoms with Gasteiger partial charge in [-0.3, -0.25) is 0 Å². The Kier molecular flexibility index (Phi) is 2.60. The number of carbonyl (C=O) groups is 1. The zero-order valence-electron chi connectivity index (χ0n) is 8.68. The van der Waals surface area contributed by atoms with Crippen LogP contribution >= 0.6 is 0 Å². The van der Waals surface area contributed by atoms with E-state index in [1.165, 1.54) is 12.7 Å². The molecule has 0 N–H and O–H groups in total. The highest BCUT2D eigenvalue weighted by atomic mass is 16.5. The Labute approximate surface area is 79.3 Å². The van der Waals surface area contributed by atoms with E-state index in [1.54, 1.807) is 6.08 Å². The minimum absolute atomic E-state index is 0.0220. The fourth-order valence-corrected chi connectivity index (χ4v) is 1.47. The minimum atomic E-state index is -0.258. The van der Waals surface area contributed by atoms with Gasteiger partial charge >= 0.3 is 5.97 Å². The molecule has 1 aliphatic carbocycles. The lowest BCUT2D eigenvalue weighted by atomic mass is 9.82. The molecular formula is C11H16O2. The van der Waals surface area contributed by atoms with Crippen molar-refractivity contribution in [2.75, 3.05) is 7.11 Å². The first-order valence-corrected chi connectivity index (χ1v) is 4.44. The van der Waals surface area contributed by atoms with Crippen LogP contribution in [0.1, 0.15) is 27.2 Å². The number of ether oxygens (including phenoxy) is 1. The van der Waals surface area contributed by atoms with Crippen molar-refractivity contribution in [1.82, 2.24) is 0 Å². The van der Waals surface area contributed by atoms with E-state index in [9.17, 15) is 4.79 Å². The van der Waals surface area contributed by atoms with E-state index in [2.05, 4.69) is 31.6 Å². The second-order valence-corrected chi connectivity index (χ2v) is 3.91. The fourth-order valence-electron chi connectivity index (χ4n) is 1.47. The third-order valence-corrected chi connectivity index (χ3v) is 2.91. The molecule has 0 unspecified atom stereocenters. The van der Waals surface area contributed by atoms with E-state index >= 15 is 0 Å². The molecule has 2 heteroatoms. The number of hydrogen-bond acceptors (Lipinski definition) is 2. The summed E-state index contributed by atoms with van der Waals surface area (Å²) in [5.41, 5.74) is 2.48. The molecule has 0 heterocycles. The summed E-state index contributed by atoms with van der Waals surface area (Å²) in [4.78, 5) is 11.0. The normalized spacial score (nSPS) is 23.1. The second kappa shape index (κ2) is 3.36. The first-order valence-electron chi connectivity index (χ1n) is 4.44. The van der Waals surface area contributed by atoms with E-state index in [1.807, 2.05) is 0 Å². The van der Waals surface area contributed by atoms with Crippen molar-refractivity contribution in [1.29, 1.82) is 0 Å². The largest absolute Gasteiger partial charge is 0.466 e. The molecule has 0 saturated carbocycles. The molecule has 0 amide bonds. The van der Waals surface area contributed by atoms with Gasteiger partial charge in [0.05, 0.1) is 7.11 Å². The van der Waals surface area contributed by atoms with Gasteiger partial charge in [0.2, 0.25) is 0 Å². The summed E-state index contributed by atoms with van der Waals surface area (Å²) in [6.07, 6.45) is 4.63. The first kappa shape index (κ1) is 10.0. The minimum Gasteiger partial charge on any atom is -0.466 e. The predicted octanol–water partition coefficient (Wildman–Crippen LogP) is 2.46. The van der Waals surface area contributed by atoms with Gasteiger partial charge in [-0.1, -0.05) is 25.5 Å². The van der Waals surface area contributed by atoms with Gasteiger partial charge in [-0.15, -0.1) is 0 Å². The van der Waals surface area contributed by atoms with Crippen LogP contribution in [0.2, 0.25) is 0 Å². The average molecular weight is 180 g/mol. The Morgan fingerprint density at radius 3 is 2.62 bits per heavy atom. The van der Waals surface area contributed by atoms with Gasteiger partial charge in [0.25, 0.3) is 0 Å². The highest BCUT2D eigenvalue weighted by molar-refractivity contribution is 5.83. The number of methoxy groups -OCH3 is 1. The van der Waals surface area contributed by atoms with Crippen LogP contribution in [0, 0.1) is 5.41 Å². The lowest BCUT2D eigenvalue weighted by Crippen LogP contribution is -2.13. The van der Waals surface area contributed by atoms with Crippen molar-refractivity contribution < 1.29 is 9.53 Å². The van der Waals surface area contributed by atoms with E-state index in [0.29, 0.717) is 0 Å². The molecule has 0 atom stereocenters. The highest BCUT2D eigenvalue weighted by Crippen LogP contribution is 2.42. The molecule has 0 bridgehead atoms. The number of allylic oxidation sites excluding steroid dienone is 3. The van der Waals surface area contributed by atoms with Crippen LogP contribution in [0.4, 0.5) is 0 Å². The first-order chi connectivity index (χ1) is 5.98. The molecule has 72 valence electrons. The third-order valence-electron chi connectivity index (χ3n) is 2.91. The summed E-state index contributed by atoms with van der Waals surface area (Å²) in [6.45, 7) is 6.35. The van der Waals surface area contributed by atoms with Crippen LogP contribution in [0.3, 0.4) is 0 Å². The van der Waals surface area contributed by atoms with Crippen LogP contribution in [0.15, 0.2) is 23.3 Å². The monoisotopic (exact) mass is 180 g/mol. The Balaban J connectivity index is 2.88. The van der Waals surface area contributed by atoms with Gasteiger partial charge in [-0.2, -0.15) is 0 Å².